The Morgan fingerprint density at radius 3 is 2.33 bits per heavy atom. The van der Waals surface area contributed by atoms with Crippen LogP contribution in [-0.2, 0) is 4.79 Å². The molecule has 0 aromatic heterocycles. The first-order chi connectivity index (χ1) is 5.70. The number of nitrogens with one attached hydrogen (secondary N) is 1. The van der Waals surface area contributed by atoms with E-state index < -0.39 is 0 Å². The summed E-state index contributed by atoms with van der Waals surface area (Å²) in [5.74, 6) is 0.0300. The van der Waals surface area contributed by atoms with Gasteiger partial charge < -0.3 is 5.32 Å². The molecule has 0 radical (unpaired) electrons. The van der Waals surface area contributed by atoms with Crippen LogP contribution in [0, 0.1) is 0 Å². The van der Waals surface area contributed by atoms with E-state index in [1.165, 1.54) is 0 Å². The zero-order valence-electron chi connectivity index (χ0n) is 6.13. The lowest BCUT2D eigenvalue weighted by molar-refractivity contribution is -0.113. The molecule has 1 rings (SSSR count). The molecule has 0 aliphatic heterocycles. The molecule has 0 fully saturated rings. The minimum Gasteiger partial charge on any atom is -0.324 e. The second-order valence-electron chi connectivity index (χ2n) is 2.16. The van der Waals surface area contributed by atoms with Crippen LogP contribution in [0.25, 0.3) is 0 Å². The smallest absolute Gasteiger partial charge is 0.247 e. The molecule has 64 valence electrons. The number of amides is 1. The third-order valence-electron chi connectivity index (χ3n) is 1.24. The second-order valence-corrected chi connectivity index (χ2v) is 7.03. The van der Waals surface area contributed by atoms with Crippen LogP contribution in [0.4, 0.5) is 5.69 Å². The van der Waals surface area contributed by atoms with E-state index in [0.717, 1.165) is 5.69 Å². The monoisotopic (exact) mass is 387 g/mol. The molecule has 0 aliphatic carbocycles. The zero-order chi connectivity index (χ0) is 8.97. The first kappa shape index (κ1) is 10.2. The molecule has 0 spiro atoms. The van der Waals surface area contributed by atoms with E-state index in [-0.39, 0.29) is 7.84 Å². The van der Waals surface area contributed by atoms with Gasteiger partial charge in [0.2, 0.25) is 5.91 Å². The predicted molar refractivity (Wildman–Crippen MR) is 66.9 cm³/mol. The topological polar surface area (TPSA) is 29.1 Å². The summed E-state index contributed by atoms with van der Waals surface area (Å²) in [6.45, 7) is 0. The number of carbonyl (C=O) groups is 1. The lowest BCUT2D eigenvalue weighted by Crippen LogP contribution is -2.17. The quantitative estimate of drug-likeness (QED) is 0.614. The molecular weight excluding hydrogens is 380 g/mol. The fourth-order valence-electron chi connectivity index (χ4n) is 0.718. The molecule has 0 heterocycles. The number of halogens is 2. The summed E-state index contributed by atoms with van der Waals surface area (Å²) < 4.78 is -0.0274. The predicted octanol–water partition coefficient (Wildman–Crippen LogP) is 2.82. The Balaban J connectivity index is 2.59. The summed E-state index contributed by atoms with van der Waals surface area (Å²) in [6.07, 6.45) is 0. The Hall–Kier alpha value is 0.150. The third kappa shape index (κ3) is 3.26. The number of para-hydroxylation sites is 1. The van der Waals surface area contributed by atoms with E-state index in [1.807, 2.05) is 30.3 Å². The van der Waals surface area contributed by atoms with Gasteiger partial charge in [-0.2, -0.15) is 0 Å². The van der Waals surface area contributed by atoms with E-state index in [2.05, 4.69) is 50.5 Å². The van der Waals surface area contributed by atoms with Crippen molar-refractivity contribution in [1.29, 1.82) is 0 Å². The molecular formula is C8H7I2NO. The van der Waals surface area contributed by atoms with Crippen molar-refractivity contribution in [2.75, 3.05) is 5.32 Å². The standard InChI is InChI=1S/C8H7I2NO/c9-7(10)8(12)11-6-4-2-1-3-5-6/h1-5,7H,(H,11,12). The van der Waals surface area contributed by atoms with Gasteiger partial charge in [0.05, 0.1) is 0 Å². The Kier molecular flexibility index (Phi) is 4.27. The van der Waals surface area contributed by atoms with Gasteiger partial charge in [-0.25, -0.2) is 0 Å². The van der Waals surface area contributed by atoms with Gasteiger partial charge in [-0.3, -0.25) is 4.79 Å². The van der Waals surface area contributed by atoms with E-state index in [0.29, 0.717) is 0 Å². The number of hydrogen-bond acceptors (Lipinski definition) is 1. The van der Waals surface area contributed by atoms with Crippen molar-refractivity contribution in [2.45, 2.75) is 1.93 Å². The largest absolute Gasteiger partial charge is 0.324 e. The summed E-state index contributed by atoms with van der Waals surface area (Å²) in [6, 6.07) is 9.44. The molecule has 0 unspecified atom stereocenters. The number of hydrogen-bond donors (Lipinski definition) is 1. The summed E-state index contributed by atoms with van der Waals surface area (Å²) >= 11 is 4.14. The molecule has 0 saturated heterocycles. The molecule has 2 nitrogen and oxygen atoms in total. The maximum atomic E-state index is 11.2. The fourth-order valence-corrected chi connectivity index (χ4v) is 1.03. The molecule has 1 N–H and O–H groups in total. The molecule has 1 amide bonds. The van der Waals surface area contributed by atoms with Crippen molar-refractivity contribution < 1.29 is 4.79 Å². The van der Waals surface area contributed by atoms with Gasteiger partial charge in [-0.1, -0.05) is 63.4 Å². The second kappa shape index (κ2) is 5.00. The Morgan fingerprint density at radius 1 is 1.25 bits per heavy atom. The van der Waals surface area contributed by atoms with Gasteiger partial charge in [-0.15, -0.1) is 0 Å². The molecule has 12 heavy (non-hydrogen) atoms. The molecule has 4 heteroatoms. The van der Waals surface area contributed by atoms with Crippen LogP contribution in [-0.4, -0.2) is 7.84 Å². The SMILES string of the molecule is O=C(Nc1ccccc1)C(I)I. The lowest BCUT2D eigenvalue weighted by atomic mass is 10.3. The van der Waals surface area contributed by atoms with Crippen LogP contribution < -0.4 is 5.32 Å². The van der Waals surface area contributed by atoms with E-state index in [4.69, 9.17) is 0 Å². The highest BCUT2D eigenvalue weighted by Crippen LogP contribution is 2.13. The molecule has 1 aromatic carbocycles. The van der Waals surface area contributed by atoms with Gasteiger partial charge >= 0.3 is 0 Å². The Morgan fingerprint density at radius 2 is 1.83 bits per heavy atom. The molecule has 0 atom stereocenters. The molecule has 1 aromatic rings. The van der Waals surface area contributed by atoms with Crippen LogP contribution in [0.3, 0.4) is 0 Å². The van der Waals surface area contributed by atoms with Crippen LogP contribution in [0.15, 0.2) is 30.3 Å². The number of benzene rings is 1. The zero-order valence-corrected chi connectivity index (χ0v) is 10.4. The molecule has 0 saturated carbocycles. The van der Waals surface area contributed by atoms with Crippen LogP contribution in [0.5, 0.6) is 0 Å². The summed E-state index contributed by atoms with van der Waals surface area (Å²) in [7, 11) is 0. The third-order valence-corrected chi connectivity index (χ3v) is 2.37. The van der Waals surface area contributed by atoms with Crippen LogP contribution >= 0.6 is 45.2 Å². The van der Waals surface area contributed by atoms with Crippen molar-refractivity contribution in [2.24, 2.45) is 0 Å². The minimum absolute atomic E-state index is 0.0274. The minimum atomic E-state index is -0.0274. The van der Waals surface area contributed by atoms with E-state index in [9.17, 15) is 4.79 Å². The first-order valence-corrected chi connectivity index (χ1v) is 5.83. The highest BCUT2D eigenvalue weighted by atomic mass is 127. The number of alkyl halides is 2. The van der Waals surface area contributed by atoms with Gasteiger partial charge in [0.15, 0.2) is 0 Å². The van der Waals surface area contributed by atoms with Gasteiger partial charge in [0, 0.05) is 5.69 Å². The molecule has 0 bridgehead atoms. The van der Waals surface area contributed by atoms with E-state index in [1.54, 1.807) is 0 Å². The molecule has 0 aliphatic rings. The van der Waals surface area contributed by atoms with Gasteiger partial charge in [-0.05, 0) is 12.1 Å². The van der Waals surface area contributed by atoms with Gasteiger partial charge in [0.1, 0.15) is 1.93 Å². The normalized spacial score (nSPS) is 9.92. The fraction of sp³-hybridized carbons (Fsp3) is 0.125. The van der Waals surface area contributed by atoms with Crippen molar-refractivity contribution in [3.63, 3.8) is 0 Å². The maximum absolute atomic E-state index is 11.2. The maximum Gasteiger partial charge on any atom is 0.247 e. The van der Waals surface area contributed by atoms with Crippen molar-refractivity contribution in [1.82, 2.24) is 0 Å². The Labute approximate surface area is 98.4 Å². The van der Waals surface area contributed by atoms with Crippen LogP contribution in [0.2, 0.25) is 0 Å². The van der Waals surface area contributed by atoms with Crippen molar-refractivity contribution in [3.05, 3.63) is 30.3 Å². The van der Waals surface area contributed by atoms with Crippen LogP contribution in [0.1, 0.15) is 0 Å². The summed E-state index contributed by atoms with van der Waals surface area (Å²) in [4.78, 5) is 11.2. The van der Waals surface area contributed by atoms with Gasteiger partial charge in [0.25, 0.3) is 0 Å². The lowest BCUT2D eigenvalue weighted by Gasteiger charge is -2.04. The first-order valence-electron chi connectivity index (χ1n) is 3.34. The average molecular weight is 387 g/mol. The number of carbonyl (C=O) groups excluding carboxylic acids is 1. The van der Waals surface area contributed by atoms with E-state index >= 15 is 0 Å². The summed E-state index contributed by atoms with van der Waals surface area (Å²) in [5, 5.41) is 2.79. The van der Waals surface area contributed by atoms with Crippen molar-refractivity contribution in [3.8, 4) is 0 Å². The number of rotatable bonds is 2. The summed E-state index contributed by atoms with van der Waals surface area (Å²) in [5.41, 5.74) is 0.848. The highest BCUT2D eigenvalue weighted by molar-refractivity contribution is 14.2. The highest BCUT2D eigenvalue weighted by Gasteiger charge is 2.08. The Bertz CT molecular complexity index is 261. The number of anilines is 1. The average Bonchev–Trinajstić information content (AvgIpc) is 2.06. The van der Waals surface area contributed by atoms with Crippen molar-refractivity contribution >= 4 is 56.8 Å².